The van der Waals surface area contributed by atoms with E-state index >= 15 is 0 Å². The zero-order valence-corrected chi connectivity index (χ0v) is 43.2. The number of halogens is 1. The topological polar surface area (TPSA) is 216 Å². The second kappa shape index (κ2) is 23.3. The maximum absolute atomic E-state index is 14.7. The third kappa shape index (κ3) is 13.0. The van der Waals surface area contributed by atoms with Gasteiger partial charge in [0.25, 0.3) is 5.91 Å². The van der Waals surface area contributed by atoms with Gasteiger partial charge in [0.1, 0.15) is 35.2 Å². The molecule has 4 rings (SSSR count). The average Bonchev–Trinajstić information content (AvgIpc) is 3.49. The third-order valence-corrected chi connectivity index (χ3v) is 14.9. The maximum atomic E-state index is 14.7. The van der Waals surface area contributed by atoms with Gasteiger partial charge in [0.15, 0.2) is 12.6 Å². The molecule has 0 bridgehead atoms. The Morgan fingerprint density at radius 1 is 1.02 bits per heavy atom. The van der Waals surface area contributed by atoms with Gasteiger partial charge in [-0.1, -0.05) is 32.4 Å². The monoisotopic (exact) mass is 962 g/mol. The number of likely N-dealkylation sites (N-methyl/N-ethyl adjacent to an activating group) is 2. The summed E-state index contributed by atoms with van der Waals surface area (Å²) in [7, 11) is 8.86. The van der Waals surface area contributed by atoms with Crippen molar-refractivity contribution in [2.45, 2.75) is 199 Å². The minimum Gasteiger partial charge on any atom is -0.459 e. The molecule has 66 heavy (non-hydrogen) atoms. The van der Waals surface area contributed by atoms with E-state index in [2.05, 4.69) is 15.3 Å². The normalized spacial score (nSPS) is 41.5. The molecule has 0 saturated carbocycles. The van der Waals surface area contributed by atoms with E-state index in [1.807, 2.05) is 60.7 Å². The highest BCUT2D eigenvalue weighted by atomic mass is 35.5. The zero-order valence-electron chi connectivity index (χ0n) is 42.4. The van der Waals surface area contributed by atoms with Crippen LogP contribution in [0.25, 0.3) is 0 Å². The molecule has 5 N–H and O–H groups in total. The first-order valence-electron chi connectivity index (χ1n) is 23.7. The van der Waals surface area contributed by atoms with E-state index in [4.69, 9.17) is 44.8 Å². The van der Waals surface area contributed by atoms with Gasteiger partial charge in [-0.25, -0.2) is 0 Å². The lowest BCUT2D eigenvalue weighted by molar-refractivity contribution is -0.318. The van der Waals surface area contributed by atoms with Gasteiger partial charge in [-0.3, -0.25) is 14.3 Å². The molecule has 4 heterocycles. The van der Waals surface area contributed by atoms with Crippen LogP contribution < -0.4 is 5.32 Å². The van der Waals surface area contributed by atoms with Gasteiger partial charge in [-0.15, -0.1) is 0 Å². The highest BCUT2D eigenvalue weighted by molar-refractivity contribution is 6.33. The van der Waals surface area contributed by atoms with E-state index in [9.17, 15) is 30.0 Å². The maximum Gasteiger partial charge on any atom is 0.311 e. The smallest absolute Gasteiger partial charge is 0.311 e. The van der Waals surface area contributed by atoms with Crippen molar-refractivity contribution in [1.29, 1.82) is 0 Å². The van der Waals surface area contributed by atoms with Crippen LogP contribution in [0.1, 0.15) is 117 Å². The molecule has 0 radical (unpaired) electrons. The van der Waals surface area contributed by atoms with Crippen LogP contribution in [0.5, 0.6) is 0 Å². The molecule has 3 fully saturated rings. The van der Waals surface area contributed by atoms with Gasteiger partial charge in [0, 0.05) is 58.3 Å². The van der Waals surface area contributed by atoms with E-state index in [1.165, 1.54) is 11.8 Å². The number of nitrogens with one attached hydrogen (secondary N) is 1. The van der Waals surface area contributed by atoms with Gasteiger partial charge in [-0.05, 0) is 108 Å². The van der Waals surface area contributed by atoms with Crippen LogP contribution >= 0.6 is 11.6 Å². The predicted molar refractivity (Wildman–Crippen MR) is 248 cm³/mol. The summed E-state index contributed by atoms with van der Waals surface area (Å²) in [4.78, 5) is 31.7. The average molecular weight is 963 g/mol. The number of hydrogen-bond acceptors (Lipinski definition) is 16. The third-order valence-electron chi connectivity index (χ3n) is 14.4. The molecule has 1 aromatic heterocycles. The van der Waals surface area contributed by atoms with E-state index in [1.54, 1.807) is 48.6 Å². The molecule has 382 valence electrons. The van der Waals surface area contributed by atoms with E-state index < -0.39 is 96.0 Å². The molecular formula is C47H84ClN5O13. The van der Waals surface area contributed by atoms with E-state index in [0.717, 1.165) is 0 Å². The van der Waals surface area contributed by atoms with Crippen LogP contribution in [0.4, 0.5) is 0 Å². The van der Waals surface area contributed by atoms with E-state index in [0.29, 0.717) is 30.6 Å². The number of cyclic esters (lactones) is 1. The number of carbonyl (C=O) groups is 2. The number of carbonyl (C=O) groups excluding carboxylic acids is 2. The molecule has 1 amide bonds. The van der Waals surface area contributed by atoms with Crippen molar-refractivity contribution >= 4 is 23.5 Å². The highest BCUT2D eigenvalue weighted by Crippen LogP contribution is 2.40. The molecule has 3 aliphatic heterocycles. The minimum atomic E-state index is -1.73. The largest absolute Gasteiger partial charge is 0.459 e. The van der Waals surface area contributed by atoms with Gasteiger partial charge >= 0.3 is 5.97 Å². The lowest BCUT2D eigenvalue weighted by Gasteiger charge is -2.48. The summed E-state index contributed by atoms with van der Waals surface area (Å²) in [5, 5.41) is 55.5. The van der Waals surface area contributed by atoms with Gasteiger partial charge < -0.3 is 68.7 Å². The Labute approximate surface area is 398 Å². The molecule has 0 spiro atoms. The lowest BCUT2D eigenvalue weighted by Crippen LogP contribution is -2.60. The lowest BCUT2D eigenvalue weighted by atomic mass is 9.77. The number of aliphatic hydroxyl groups is 4. The van der Waals surface area contributed by atoms with Gasteiger partial charge in [0.05, 0.1) is 52.8 Å². The molecule has 0 unspecified atom stereocenters. The molecule has 1 aromatic rings. The molecule has 18 nitrogen and oxygen atoms in total. The minimum absolute atomic E-state index is 0.113. The fraction of sp³-hybridized carbons (Fsp3) is 0.894. The Morgan fingerprint density at radius 3 is 2.24 bits per heavy atom. The van der Waals surface area contributed by atoms with Crippen LogP contribution in [0, 0.1) is 24.7 Å². The van der Waals surface area contributed by atoms with Crippen LogP contribution in [0.15, 0.2) is 0 Å². The number of nitrogens with zero attached hydrogens (tertiary/aromatic N) is 4. The highest BCUT2D eigenvalue weighted by Gasteiger charge is 2.53. The van der Waals surface area contributed by atoms with Crippen LogP contribution in [0.2, 0.25) is 5.15 Å². The summed E-state index contributed by atoms with van der Waals surface area (Å²) in [5.74, 6) is -3.03. The Hall–Kier alpha value is -2.04. The second-order valence-corrected chi connectivity index (χ2v) is 20.9. The standard InChI is InChI=1S/C47H84ClN5O13/c1-17-33-47(11,59)40(61-20-18-19-49-42(56)35-29(6)50-53(15)41(35)48)30(7)52(14)24-25(2)22-45(9,58)39(66-44-36(54)32(51(12)13)21-26(3)62-44)27(4)37(28(5)43(57)64-33)65-34-23-46(10,60-16)38(55)31(8)63-34/h25-28,30-34,36-40,44,54-55,58-59H,17-24H2,1-16H3,(H,49,56)/t25-,26-,27+,28-,30-,31+,32+,33-,34+,36-,37+,38+,39-,40-,44+,45-,46-,47-/m1/s1. The number of aromatic nitrogens is 2. The molecule has 18 atom stereocenters. The number of ether oxygens (including phenoxy) is 7. The molecule has 3 aliphatic rings. The summed E-state index contributed by atoms with van der Waals surface area (Å²) in [6, 6.07) is -0.739. The van der Waals surface area contributed by atoms with Crippen molar-refractivity contribution in [3.05, 3.63) is 16.4 Å². The van der Waals surface area contributed by atoms with Crippen LogP contribution in [-0.2, 0) is 45.0 Å². The summed E-state index contributed by atoms with van der Waals surface area (Å²) in [6.07, 6.45) is -7.69. The number of aliphatic hydroxyl groups excluding tert-OH is 2. The van der Waals surface area contributed by atoms with E-state index in [-0.39, 0.29) is 61.5 Å². The zero-order chi connectivity index (χ0) is 49.8. The number of rotatable bonds is 13. The van der Waals surface area contributed by atoms with Gasteiger partial charge in [-0.2, -0.15) is 5.10 Å². The van der Waals surface area contributed by atoms with Crippen molar-refractivity contribution in [3.63, 3.8) is 0 Å². The first-order chi connectivity index (χ1) is 30.6. The van der Waals surface area contributed by atoms with Crippen molar-refractivity contribution in [2.24, 2.45) is 24.8 Å². The van der Waals surface area contributed by atoms with Crippen molar-refractivity contribution in [3.8, 4) is 0 Å². The quantitative estimate of drug-likeness (QED) is 0.141. The fourth-order valence-electron chi connectivity index (χ4n) is 10.5. The number of amides is 1. The first kappa shape index (κ1) is 56.5. The number of methoxy groups -OCH3 is 1. The van der Waals surface area contributed by atoms with Crippen LogP contribution in [0.3, 0.4) is 0 Å². The van der Waals surface area contributed by atoms with Gasteiger partial charge in [0.2, 0.25) is 0 Å². The summed E-state index contributed by atoms with van der Waals surface area (Å²) in [6.45, 7) is 20.6. The van der Waals surface area contributed by atoms with Crippen molar-refractivity contribution < 1.29 is 63.2 Å². The SMILES string of the molecule is CC[C@H]1OC(=O)[C@H](C)[C@@H](O[C@H]2C[C@@](C)(OC)[C@@H](O)[C@H](C)O2)[C@H](C)[C@@H](O[C@@H]2O[C@H](C)C[C@H](N(C)C)[C@H]2O)[C@](C)(O)C[C@@H](C)CN(C)[C@H](C)[C@@H](OCCCNC(=O)c2c(C)nn(C)c2Cl)[C@]1(C)O. The Morgan fingerprint density at radius 2 is 1.67 bits per heavy atom. The number of esters is 1. The number of hydrogen-bond donors (Lipinski definition) is 5. The summed E-state index contributed by atoms with van der Waals surface area (Å²) < 4.78 is 46.3. The molecule has 19 heteroatoms. The predicted octanol–water partition coefficient (Wildman–Crippen LogP) is 3.44. The Bertz CT molecular complexity index is 1740. The second-order valence-electron chi connectivity index (χ2n) is 20.5. The van der Waals surface area contributed by atoms with Crippen LogP contribution in [-0.4, -0.2) is 190 Å². The molecule has 3 saturated heterocycles. The molecule has 0 aromatic carbocycles. The summed E-state index contributed by atoms with van der Waals surface area (Å²) >= 11 is 6.33. The Kier molecular flexibility index (Phi) is 19.9. The summed E-state index contributed by atoms with van der Waals surface area (Å²) in [5.41, 5.74) is -3.56. The van der Waals surface area contributed by atoms with Crippen molar-refractivity contribution in [2.75, 3.05) is 47.9 Å². The van der Waals surface area contributed by atoms with Crippen molar-refractivity contribution in [1.82, 2.24) is 24.9 Å². The first-order valence-corrected chi connectivity index (χ1v) is 24.1. The fourth-order valence-corrected chi connectivity index (χ4v) is 10.7. The number of aryl methyl sites for hydroxylation is 2. The Balaban J connectivity index is 1.73. The molecular weight excluding hydrogens is 878 g/mol. The molecule has 0 aliphatic carbocycles.